The zero-order chi connectivity index (χ0) is 34.2. The Morgan fingerprint density at radius 3 is 1.63 bits per heavy atom. The molecule has 268 valence electrons. The van der Waals surface area contributed by atoms with Crippen LogP contribution >= 0.6 is 0 Å². The van der Waals surface area contributed by atoms with Crippen molar-refractivity contribution in [2.75, 3.05) is 20.3 Å². The molecule has 0 aromatic heterocycles. The van der Waals surface area contributed by atoms with Crippen molar-refractivity contribution >= 4 is 5.97 Å². The van der Waals surface area contributed by atoms with Crippen molar-refractivity contribution < 1.29 is 104 Å². The van der Waals surface area contributed by atoms with E-state index < -0.39 is 142 Å². The number of carboxylic acids is 1. The van der Waals surface area contributed by atoms with Gasteiger partial charge >= 0.3 is 5.97 Å². The fourth-order valence-electron chi connectivity index (χ4n) is 5.51. The Kier molecular flexibility index (Phi) is 12.6. The maximum absolute atomic E-state index is 11.4. The van der Waals surface area contributed by atoms with Crippen LogP contribution in [-0.2, 0) is 42.7 Å². The number of methoxy groups -OCH3 is 1. The van der Waals surface area contributed by atoms with Crippen LogP contribution in [0.2, 0.25) is 0 Å². The monoisotopic (exact) mass is 678 g/mol. The molecule has 0 aromatic rings. The predicted octanol–water partition coefficient (Wildman–Crippen LogP) is -7.97. The Labute approximate surface area is 260 Å². The summed E-state index contributed by atoms with van der Waals surface area (Å²) in [4.78, 5) is 11.4. The molecule has 0 amide bonds. The van der Waals surface area contributed by atoms with Crippen LogP contribution in [-0.4, -0.2) is 210 Å². The van der Waals surface area contributed by atoms with Gasteiger partial charge in [-0.2, -0.15) is 0 Å². The smallest absolute Gasteiger partial charge is 0.335 e. The van der Waals surface area contributed by atoms with Gasteiger partial charge in [0.15, 0.2) is 31.3 Å². The molecule has 4 aliphatic heterocycles. The first-order valence-electron chi connectivity index (χ1n) is 14.3. The topological polar surface area (TPSA) is 334 Å². The number of carbonyl (C=O) groups is 1. The Bertz CT molecular complexity index is 989. The molecule has 4 saturated heterocycles. The van der Waals surface area contributed by atoms with E-state index in [-0.39, 0.29) is 0 Å². The van der Waals surface area contributed by atoms with Gasteiger partial charge in [-0.05, 0) is 6.92 Å². The quantitative estimate of drug-likeness (QED) is 0.102. The minimum Gasteiger partial charge on any atom is -0.479 e. The second-order valence-corrected chi connectivity index (χ2v) is 11.4. The minimum absolute atomic E-state index is 0.763. The van der Waals surface area contributed by atoms with Gasteiger partial charge in [0.05, 0.1) is 19.3 Å². The lowest BCUT2D eigenvalue weighted by atomic mass is 9.96. The first kappa shape index (κ1) is 37.5. The number of hydrogen-bond acceptors (Lipinski definition) is 20. The van der Waals surface area contributed by atoms with E-state index in [0.29, 0.717) is 0 Å². The summed E-state index contributed by atoms with van der Waals surface area (Å²) in [5.74, 6) is -1.67. The van der Waals surface area contributed by atoms with Crippen LogP contribution in [0.5, 0.6) is 0 Å². The third-order valence-corrected chi connectivity index (χ3v) is 8.33. The molecule has 4 rings (SSSR count). The van der Waals surface area contributed by atoms with E-state index in [1.54, 1.807) is 0 Å². The maximum atomic E-state index is 11.4. The molecule has 0 spiro atoms. The van der Waals surface area contributed by atoms with Crippen LogP contribution in [0.3, 0.4) is 0 Å². The summed E-state index contributed by atoms with van der Waals surface area (Å²) in [5.41, 5.74) is 0. The number of aliphatic carboxylic acids is 1. The van der Waals surface area contributed by atoms with Gasteiger partial charge in [-0.1, -0.05) is 0 Å². The van der Waals surface area contributed by atoms with Crippen LogP contribution in [0.15, 0.2) is 0 Å². The molecule has 20 atom stereocenters. The Hall–Kier alpha value is -1.29. The molecule has 0 aromatic carbocycles. The standard InChI is InChI=1S/C25H42O21/c1-5-8(27)18(44-23-16(35)11(30)9(28)6(3-26)42-23)20(25(39-2)41-5)46-24-17(36)12(31)10(29)7(43-24)4-40-22-15(34)13(32)14(33)19(45-22)21(37)38/h5-20,22-36H,3-4H2,1-2H3,(H,37,38). The minimum atomic E-state index is -2.00. The van der Waals surface area contributed by atoms with Crippen molar-refractivity contribution in [2.24, 2.45) is 0 Å². The zero-order valence-electron chi connectivity index (χ0n) is 24.5. The number of aliphatic hydroxyl groups excluding tert-OH is 11. The molecule has 21 nitrogen and oxygen atoms in total. The molecule has 0 aliphatic carbocycles. The fourth-order valence-corrected chi connectivity index (χ4v) is 5.51. The van der Waals surface area contributed by atoms with Crippen molar-refractivity contribution in [3.05, 3.63) is 0 Å². The maximum Gasteiger partial charge on any atom is 0.335 e. The molecule has 4 fully saturated rings. The number of carboxylic acid groups (broad SMARTS) is 1. The number of aliphatic hydroxyl groups is 11. The molecule has 4 aliphatic rings. The lowest BCUT2D eigenvalue weighted by Crippen LogP contribution is -2.66. The highest BCUT2D eigenvalue weighted by Gasteiger charge is 2.54. The molecule has 21 heteroatoms. The summed E-state index contributed by atoms with van der Waals surface area (Å²) < 4.78 is 43.8. The second-order valence-electron chi connectivity index (χ2n) is 11.4. The van der Waals surface area contributed by atoms with Gasteiger partial charge in [0, 0.05) is 7.11 Å². The number of ether oxygens (including phenoxy) is 8. The van der Waals surface area contributed by atoms with Gasteiger partial charge in [0.25, 0.3) is 0 Å². The van der Waals surface area contributed by atoms with Gasteiger partial charge in [-0.25, -0.2) is 4.79 Å². The second kappa shape index (κ2) is 15.5. The van der Waals surface area contributed by atoms with E-state index in [1.165, 1.54) is 14.0 Å². The molecule has 46 heavy (non-hydrogen) atoms. The lowest BCUT2D eigenvalue weighted by molar-refractivity contribution is -0.389. The summed E-state index contributed by atoms with van der Waals surface area (Å²) in [6.07, 6.45) is -34.6. The molecule has 0 bridgehead atoms. The van der Waals surface area contributed by atoms with Gasteiger partial charge in [0.1, 0.15) is 85.5 Å². The predicted molar refractivity (Wildman–Crippen MR) is 138 cm³/mol. The average molecular weight is 679 g/mol. The van der Waals surface area contributed by atoms with Gasteiger partial charge in [-0.3, -0.25) is 0 Å². The highest BCUT2D eigenvalue weighted by atomic mass is 16.8. The number of rotatable bonds is 10. The van der Waals surface area contributed by atoms with Crippen LogP contribution < -0.4 is 0 Å². The van der Waals surface area contributed by atoms with E-state index in [4.69, 9.17) is 37.9 Å². The largest absolute Gasteiger partial charge is 0.479 e. The van der Waals surface area contributed by atoms with Crippen molar-refractivity contribution in [2.45, 2.75) is 130 Å². The summed E-state index contributed by atoms with van der Waals surface area (Å²) in [6, 6.07) is 0. The van der Waals surface area contributed by atoms with Crippen molar-refractivity contribution in [3.63, 3.8) is 0 Å². The van der Waals surface area contributed by atoms with Crippen LogP contribution in [0.4, 0.5) is 0 Å². The van der Waals surface area contributed by atoms with Gasteiger partial charge in [-0.15, -0.1) is 0 Å². The van der Waals surface area contributed by atoms with E-state index in [9.17, 15) is 66.1 Å². The fraction of sp³-hybridized carbons (Fsp3) is 0.960. The normalized spacial score (nSPS) is 51.9. The van der Waals surface area contributed by atoms with Crippen molar-refractivity contribution in [1.82, 2.24) is 0 Å². The third-order valence-electron chi connectivity index (χ3n) is 8.33. The van der Waals surface area contributed by atoms with E-state index in [2.05, 4.69) is 0 Å². The van der Waals surface area contributed by atoms with E-state index in [0.717, 1.165) is 0 Å². The summed E-state index contributed by atoms with van der Waals surface area (Å²) in [6.45, 7) is -0.104. The highest BCUT2D eigenvalue weighted by Crippen LogP contribution is 2.34. The zero-order valence-corrected chi connectivity index (χ0v) is 24.5. The SMILES string of the molecule is COC1OC(C)C(O)C(OC2OC(CO)C(O)C(O)C2O)C1OC1OC(COC2OC(C(=O)O)C(O)C(O)C2O)C(O)C(O)C1O. The first-order valence-corrected chi connectivity index (χ1v) is 14.3. The van der Waals surface area contributed by atoms with E-state index >= 15 is 0 Å². The molecular weight excluding hydrogens is 636 g/mol. The van der Waals surface area contributed by atoms with Gasteiger partial charge in [0.2, 0.25) is 0 Å². The Morgan fingerprint density at radius 1 is 0.587 bits per heavy atom. The van der Waals surface area contributed by atoms with Crippen LogP contribution in [0, 0.1) is 0 Å². The molecule has 0 radical (unpaired) electrons. The summed E-state index contributed by atoms with van der Waals surface area (Å²) in [5, 5.41) is 122. The molecule has 20 unspecified atom stereocenters. The average Bonchev–Trinajstić information content (AvgIpc) is 3.03. The van der Waals surface area contributed by atoms with Crippen molar-refractivity contribution in [1.29, 1.82) is 0 Å². The third kappa shape index (κ3) is 7.47. The summed E-state index contributed by atoms with van der Waals surface area (Å²) >= 11 is 0. The molecule has 0 saturated carbocycles. The van der Waals surface area contributed by atoms with Crippen molar-refractivity contribution in [3.8, 4) is 0 Å². The highest BCUT2D eigenvalue weighted by molar-refractivity contribution is 5.73. The molecule has 12 N–H and O–H groups in total. The number of hydrogen-bond donors (Lipinski definition) is 12. The summed E-state index contributed by atoms with van der Waals surface area (Å²) in [7, 11) is 1.19. The lowest BCUT2D eigenvalue weighted by Gasteiger charge is -2.48. The Morgan fingerprint density at radius 2 is 1.09 bits per heavy atom. The molecular formula is C25H42O21. The Balaban J connectivity index is 1.51. The first-order chi connectivity index (χ1) is 21.6. The van der Waals surface area contributed by atoms with Gasteiger partial charge < -0.3 is 99.2 Å². The molecule has 4 heterocycles. The van der Waals surface area contributed by atoms with Crippen LogP contribution in [0.25, 0.3) is 0 Å². The van der Waals surface area contributed by atoms with E-state index in [1.807, 2.05) is 0 Å². The van der Waals surface area contributed by atoms with Crippen LogP contribution in [0.1, 0.15) is 6.92 Å².